The van der Waals surface area contributed by atoms with Crippen molar-refractivity contribution >= 4 is 28.8 Å². The fourth-order valence-corrected chi connectivity index (χ4v) is 3.70. The lowest BCUT2D eigenvalue weighted by Gasteiger charge is -2.37. The van der Waals surface area contributed by atoms with Gasteiger partial charge >= 0.3 is 0 Å². The molecule has 1 aliphatic rings. The first-order chi connectivity index (χ1) is 15.1. The van der Waals surface area contributed by atoms with Crippen LogP contribution in [0.15, 0.2) is 36.4 Å². The molecule has 1 heterocycles. The molecule has 1 fully saturated rings. The number of anilines is 2. The van der Waals surface area contributed by atoms with Crippen LogP contribution in [0.5, 0.6) is 0 Å². The molecule has 0 bridgehead atoms. The van der Waals surface area contributed by atoms with Crippen LogP contribution in [-0.4, -0.2) is 60.8 Å². The molecule has 32 heavy (non-hydrogen) atoms. The van der Waals surface area contributed by atoms with Crippen LogP contribution in [0.2, 0.25) is 0 Å². The Morgan fingerprint density at radius 3 is 2.28 bits per heavy atom. The molecule has 8 nitrogen and oxygen atoms in total. The number of halogens is 1. The van der Waals surface area contributed by atoms with Crippen LogP contribution < -0.4 is 9.80 Å². The van der Waals surface area contributed by atoms with Crippen LogP contribution in [0.3, 0.4) is 0 Å². The van der Waals surface area contributed by atoms with Crippen LogP contribution in [0, 0.1) is 15.9 Å². The largest absolute Gasteiger partial charge is 0.372 e. The van der Waals surface area contributed by atoms with E-state index in [-0.39, 0.29) is 29.0 Å². The molecule has 170 valence electrons. The Kier molecular flexibility index (Phi) is 6.76. The van der Waals surface area contributed by atoms with Gasteiger partial charge < -0.3 is 14.7 Å². The van der Waals surface area contributed by atoms with Crippen molar-refractivity contribution in [1.29, 1.82) is 0 Å². The molecule has 3 rings (SSSR count). The van der Waals surface area contributed by atoms with E-state index in [0.717, 1.165) is 0 Å². The number of nitrogens with zero attached hydrogens (tertiary/aromatic N) is 4. The summed E-state index contributed by atoms with van der Waals surface area (Å²) in [5.74, 6) is -0.967. The highest BCUT2D eigenvalue weighted by Crippen LogP contribution is 2.28. The van der Waals surface area contributed by atoms with E-state index in [1.165, 1.54) is 25.1 Å². The Labute approximate surface area is 186 Å². The standard InChI is InChI=1S/C23H27FN4O4/c1-15(2)25(4)21-8-6-18(28(31)32)14-19(21)23(30)27-11-9-26(10-12-27)22-7-5-17(16(3)29)13-20(22)24/h5-8,13-15H,9-12H2,1-4H3. The maximum Gasteiger partial charge on any atom is 0.270 e. The maximum atomic E-state index is 14.5. The number of benzene rings is 2. The first kappa shape index (κ1) is 23.2. The number of non-ortho nitro benzene ring substituents is 1. The average Bonchev–Trinajstić information content (AvgIpc) is 2.77. The summed E-state index contributed by atoms with van der Waals surface area (Å²) in [5, 5.41) is 11.3. The average molecular weight is 442 g/mol. The van der Waals surface area contributed by atoms with Crippen molar-refractivity contribution in [3.05, 3.63) is 63.5 Å². The Morgan fingerprint density at radius 1 is 1.09 bits per heavy atom. The van der Waals surface area contributed by atoms with E-state index < -0.39 is 10.7 Å². The summed E-state index contributed by atoms with van der Waals surface area (Å²) in [6.45, 7) is 6.84. The highest BCUT2D eigenvalue weighted by atomic mass is 19.1. The number of Topliss-reactive ketones (excluding diaryl/α,β-unsaturated/α-hetero) is 1. The summed E-state index contributed by atoms with van der Waals surface area (Å²) >= 11 is 0. The number of nitro groups is 1. The SMILES string of the molecule is CC(=O)c1ccc(N2CCN(C(=O)c3cc([N+](=O)[O-])ccc3N(C)C(C)C)CC2)c(F)c1. The molecule has 0 atom stereocenters. The first-order valence-electron chi connectivity index (χ1n) is 10.5. The zero-order chi connectivity index (χ0) is 23.6. The second-order valence-corrected chi connectivity index (χ2v) is 8.16. The molecule has 1 amide bonds. The minimum atomic E-state index is -0.513. The smallest absolute Gasteiger partial charge is 0.270 e. The zero-order valence-electron chi connectivity index (χ0n) is 18.7. The van der Waals surface area contributed by atoms with Crippen LogP contribution in [0.25, 0.3) is 0 Å². The fourth-order valence-electron chi connectivity index (χ4n) is 3.70. The van der Waals surface area contributed by atoms with Crippen LogP contribution in [-0.2, 0) is 0 Å². The lowest BCUT2D eigenvalue weighted by atomic mass is 10.1. The van der Waals surface area contributed by atoms with E-state index in [0.29, 0.717) is 43.1 Å². The number of ketones is 1. The van der Waals surface area contributed by atoms with Gasteiger partial charge in [-0.25, -0.2) is 4.39 Å². The zero-order valence-corrected chi connectivity index (χ0v) is 18.7. The van der Waals surface area contributed by atoms with Crippen molar-refractivity contribution in [3.8, 4) is 0 Å². The molecule has 0 spiro atoms. The van der Waals surface area contributed by atoms with Gasteiger partial charge in [0.05, 0.1) is 16.2 Å². The van der Waals surface area contributed by atoms with E-state index in [9.17, 15) is 24.1 Å². The summed E-state index contributed by atoms with van der Waals surface area (Å²) in [7, 11) is 1.84. The summed E-state index contributed by atoms with van der Waals surface area (Å²) < 4.78 is 14.5. The van der Waals surface area contributed by atoms with Crippen molar-refractivity contribution in [3.63, 3.8) is 0 Å². The molecule has 2 aromatic rings. The van der Waals surface area contributed by atoms with Crippen molar-refractivity contribution in [1.82, 2.24) is 4.90 Å². The van der Waals surface area contributed by atoms with Gasteiger partial charge in [0.15, 0.2) is 5.78 Å². The highest BCUT2D eigenvalue weighted by Gasteiger charge is 2.28. The number of carbonyl (C=O) groups excluding carboxylic acids is 2. The molecular weight excluding hydrogens is 415 g/mol. The number of piperazine rings is 1. The molecule has 9 heteroatoms. The lowest BCUT2D eigenvalue weighted by molar-refractivity contribution is -0.384. The number of carbonyl (C=O) groups is 2. The topological polar surface area (TPSA) is 87.0 Å². The number of amides is 1. The van der Waals surface area contributed by atoms with Crippen molar-refractivity contribution in [2.45, 2.75) is 26.8 Å². The Morgan fingerprint density at radius 2 is 1.75 bits per heavy atom. The number of hydrogen-bond donors (Lipinski definition) is 0. The van der Waals surface area contributed by atoms with Crippen LogP contribution in [0.4, 0.5) is 21.5 Å². The van der Waals surface area contributed by atoms with Crippen LogP contribution in [0.1, 0.15) is 41.5 Å². The fraction of sp³-hybridized carbons (Fsp3) is 0.391. The highest BCUT2D eigenvalue weighted by molar-refractivity contribution is 6.00. The predicted octanol–water partition coefficient (Wildman–Crippen LogP) is 3.74. The molecule has 1 aliphatic heterocycles. The summed E-state index contributed by atoms with van der Waals surface area (Å²) in [4.78, 5) is 40.9. The third-order valence-corrected chi connectivity index (χ3v) is 5.84. The van der Waals surface area contributed by atoms with Crippen molar-refractivity contribution in [2.75, 3.05) is 43.0 Å². The van der Waals surface area contributed by atoms with E-state index in [2.05, 4.69) is 0 Å². The van der Waals surface area contributed by atoms with Crippen molar-refractivity contribution in [2.24, 2.45) is 0 Å². The van der Waals surface area contributed by atoms with Gasteiger partial charge in [-0.15, -0.1) is 0 Å². The normalized spacial score (nSPS) is 13.9. The Balaban J connectivity index is 1.80. The molecule has 0 radical (unpaired) electrons. The summed E-state index contributed by atoms with van der Waals surface area (Å²) in [6, 6.07) is 8.83. The monoisotopic (exact) mass is 442 g/mol. The third-order valence-electron chi connectivity index (χ3n) is 5.84. The van der Waals surface area contributed by atoms with E-state index in [1.807, 2.05) is 30.7 Å². The second kappa shape index (κ2) is 9.33. The minimum absolute atomic E-state index is 0.0980. The van der Waals surface area contributed by atoms with Gasteiger partial charge in [-0.05, 0) is 45.0 Å². The van der Waals surface area contributed by atoms with Gasteiger partial charge in [0.1, 0.15) is 5.82 Å². The summed E-state index contributed by atoms with van der Waals surface area (Å²) in [5.41, 5.74) is 1.47. The lowest BCUT2D eigenvalue weighted by Crippen LogP contribution is -2.49. The molecule has 0 N–H and O–H groups in total. The van der Waals surface area contributed by atoms with Crippen molar-refractivity contribution < 1.29 is 18.9 Å². The predicted molar refractivity (Wildman–Crippen MR) is 121 cm³/mol. The van der Waals surface area contributed by atoms with E-state index in [1.54, 1.807) is 23.1 Å². The number of hydrogen-bond acceptors (Lipinski definition) is 6. The molecule has 1 saturated heterocycles. The molecule has 0 unspecified atom stereocenters. The van der Waals surface area contributed by atoms with Gasteiger partial charge in [-0.3, -0.25) is 19.7 Å². The third kappa shape index (κ3) is 4.71. The molecular formula is C23H27FN4O4. The number of rotatable bonds is 6. The molecule has 0 aromatic heterocycles. The number of nitro benzene ring substituents is 1. The Hall–Kier alpha value is -3.49. The van der Waals surface area contributed by atoms with E-state index in [4.69, 9.17) is 0 Å². The molecule has 0 saturated carbocycles. The second-order valence-electron chi connectivity index (χ2n) is 8.16. The summed E-state index contributed by atoms with van der Waals surface area (Å²) in [6.07, 6.45) is 0. The van der Waals surface area contributed by atoms with Crippen LogP contribution >= 0.6 is 0 Å². The quantitative estimate of drug-likeness (QED) is 0.385. The molecule has 2 aromatic carbocycles. The van der Waals surface area contributed by atoms with Gasteiger partial charge in [-0.1, -0.05) is 0 Å². The first-order valence-corrected chi connectivity index (χ1v) is 10.5. The van der Waals surface area contributed by atoms with Gasteiger partial charge in [0, 0.05) is 62.7 Å². The Bertz CT molecular complexity index is 1050. The van der Waals surface area contributed by atoms with E-state index >= 15 is 0 Å². The van der Waals surface area contributed by atoms with Gasteiger partial charge in [-0.2, -0.15) is 0 Å². The minimum Gasteiger partial charge on any atom is -0.372 e. The van der Waals surface area contributed by atoms with Gasteiger partial charge in [0.25, 0.3) is 11.6 Å². The van der Waals surface area contributed by atoms with Gasteiger partial charge in [0.2, 0.25) is 0 Å². The maximum absolute atomic E-state index is 14.5. The molecule has 0 aliphatic carbocycles.